The quantitative estimate of drug-likeness (QED) is 0.760. The smallest absolute Gasteiger partial charge is 0.145 e. The summed E-state index contributed by atoms with van der Waals surface area (Å²) in [5, 5.41) is 3.93. The van der Waals surface area contributed by atoms with E-state index < -0.39 is 0 Å². The molecule has 4 heteroatoms. The number of thioether (sulfide) groups is 1. The first-order valence-corrected chi connectivity index (χ1v) is 7.64. The van der Waals surface area contributed by atoms with Crippen LogP contribution in [0.1, 0.15) is 31.2 Å². The molecule has 0 bridgehead atoms. The molecule has 1 saturated heterocycles. The second-order valence-electron chi connectivity index (χ2n) is 4.79. The molecule has 2 heterocycles. The van der Waals surface area contributed by atoms with Gasteiger partial charge in [0, 0.05) is 22.4 Å². The zero-order chi connectivity index (χ0) is 11.7. The predicted octanol–water partition coefficient (Wildman–Crippen LogP) is 0.174. The normalized spacial score (nSPS) is 26.8. The summed E-state index contributed by atoms with van der Waals surface area (Å²) >= 11 is 7.97. The Bertz CT molecular complexity index is 432. The third-order valence-electron chi connectivity index (χ3n) is 3.65. The lowest BCUT2D eigenvalue weighted by molar-refractivity contribution is -0.833. The Labute approximate surface area is 128 Å². The summed E-state index contributed by atoms with van der Waals surface area (Å²) in [7, 11) is 0. The molecule has 1 aromatic rings. The summed E-state index contributed by atoms with van der Waals surface area (Å²) in [6, 6.07) is 8.28. The topological polar surface area (TPSA) is 4.44 Å². The second kappa shape index (κ2) is 6.47. The Hall–Kier alpha value is 0.0400. The van der Waals surface area contributed by atoms with E-state index in [1.807, 2.05) is 23.9 Å². The Morgan fingerprint density at radius 1 is 1.11 bits per heavy atom. The van der Waals surface area contributed by atoms with E-state index in [2.05, 4.69) is 17.5 Å². The van der Waals surface area contributed by atoms with Gasteiger partial charge >= 0.3 is 0 Å². The fourth-order valence-corrected chi connectivity index (χ4v) is 4.15. The highest BCUT2D eigenvalue weighted by atomic mass is 79.9. The Morgan fingerprint density at radius 3 is 2.67 bits per heavy atom. The molecular weight excluding hydrogens is 330 g/mol. The third-order valence-corrected chi connectivity index (χ3v) is 5.12. The second-order valence-corrected chi connectivity index (χ2v) is 6.30. The number of quaternary nitrogens is 1. The first kappa shape index (κ1) is 14.4. The molecule has 98 valence electrons. The van der Waals surface area contributed by atoms with Crippen LogP contribution in [-0.4, -0.2) is 11.9 Å². The summed E-state index contributed by atoms with van der Waals surface area (Å²) in [6.45, 7) is 1.28. The van der Waals surface area contributed by atoms with Crippen molar-refractivity contribution in [2.45, 2.75) is 31.1 Å². The summed E-state index contributed by atoms with van der Waals surface area (Å²) in [4.78, 5) is 1.68. The zero-order valence-corrected chi connectivity index (χ0v) is 13.3. The van der Waals surface area contributed by atoms with Crippen LogP contribution in [-0.2, 0) is 0 Å². The fraction of sp³-hybridized carbons (Fsp3) is 0.429. The average molecular weight is 347 g/mol. The van der Waals surface area contributed by atoms with Gasteiger partial charge in [0.1, 0.15) is 11.1 Å². The van der Waals surface area contributed by atoms with Gasteiger partial charge in [0.15, 0.2) is 0 Å². The molecule has 0 aliphatic carbocycles. The standard InChI is InChI=1S/C14H16ClNS.BrH/c15-12-7-5-11(6-8-12)13-10-17-14-4-2-1-3-9-16(13)14;/h5-8,10,14H,1-4,9H2;1H. The van der Waals surface area contributed by atoms with Crippen LogP contribution in [0, 0.1) is 0 Å². The van der Waals surface area contributed by atoms with Crippen molar-refractivity contribution in [2.75, 3.05) is 6.54 Å². The minimum atomic E-state index is 0. The number of rotatable bonds is 1. The van der Waals surface area contributed by atoms with Crippen LogP contribution in [0.15, 0.2) is 29.7 Å². The molecular formula is C14H17BrClNS. The maximum absolute atomic E-state index is 5.95. The summed E-state index contributed by atoms with van der Waals surface area (Å²) in [5.74, 6) is 0. The molecule has 2 aliphatic rings. The molecule has 1 N–H and O–H groups in total. The highest BCUT2D eigenvalue weighted by Crippen LogP contribution is 2.27. The molecule has 2 unspecified atom stereocenters. The van der Waals surface area contributed by atoms with Crippen LogP contribution in [0.4, 0.5) is 0 Å². The van der Waals surface area contributed by atoms with Crippen LogP contribution in [0.25, 0.3) is 5.70 Å². The van der Waals surface area contributed by atoms with Gasteiger partial charge in [-0.1, -0.05) is 23.4 Å². The van der Waals surface area contributed by atoms with Gasteiger partial charge in [-0.2, -0.15) is 0 Å². The van der Waals surface area contributed by atoms with Crippen molar-refractivity contribution >= 4 is 29.1 Å². The van der Waals surface area contributed by atoms with E-state index in [0.29, 0.717) is 0 Å². The van der Waals surface area contributed by atoms with E-state index in [1.165, 1.54) is 43.5 Å². The average Bonchev–Trinajstić information content (AvgIpc) is 2.60. The highest BCUT2D eigenvalue weighted by Gasteiger charge is 2.33. The van der Waals surface area contributed by atoms with E-state index in [9.17, 15) is 0 Å². The van der Waals surface area contributed by atoms with Crippen LogP contribution in [0.3, 0.4) is 0 Å². The van der Waals surface area contributed by atoms with Crippen molar-refractivity contribution < 1.29 is 21.9 Å². The third kappa shape index (κ3) is 2.96. The predicted molar refractivity (Wildman–Crippen MR) is 75.1 cm³/mol. The number of hydrogen-bond donors (Lipinski definition) is 1. The first-order valence-electron chi connectivity index (χ1n) is 6.32. The lowest BCUT2D eigenvalue weighted by atomic mass is 10.1. The van der Waals surface area contributed by atoms with Gasteiger partial charge in [-0.05, 0) is 43.5 Å². The summed E-state index contributed by atoms with van der Waals surface area (Å²) in [5.41, 5.74) is 2.81. The maximum Gasteiger partial charge on any atom is 0.145 e. The number of halogens is 2. The lowest BCUT2D eigenvalue weighted by Gasteiger charge is -2.20. The minimum Gasteiger partial charge on any atom is -1.00 e. The Morgan fingerprint density at radius 2 is 1.89 bits per heavy atom. The molecule has 0 spiro atoms. The Balaban J connectivity index is 0.00000120. The van der Waals surface area contributed by atoms with Crippen molar-refractivity contribution in [1.29, 1.82) is 0 Å². The van der Waals surface area contributed by atoms with Gasteiger partial charge in [-0.25, -0.2) is 0 Å². The van der Waals surface area contributed by atoms with E-state index in [1.54, 1.807) is 4.90 Å². The first-order chi connectivity index (χ1) is 8.34. The molecule has 3 rings (SSSR count). The maximum atomic E-state index is 5.95. The van der Waals surface area contributed by atoms with Crippen molar-refractivity contribution in [2.24, 2.45) is 0 Å². The molecule has 2 aliphatic heterocycles. The molecule has 0 amide bonds. The molecule has 18 heavy (non-hydrogen) atoms. The van der Waals surface area contributed by atoms with Crippen LogP contribution >= 0.6 is 23.4 Å². The number of fused-ring (bicyclic) bond motifs is 1. The summed E-state index contributed by atoms with van der Waals surface area (Å²) in [6.07, 6.45) is 5.50. The van der Waals surface area contributed by atoms with E-state index in [-0.39, 0.29) is 17.0 Å². The van der Waals surface area contributed by atoms with E-state index in [4.69, 9.17) is 11.6 Å². The van der Waals surface area contributed by atoms with Crippen LogP contribution in [0.2, 0.25) is 5.02 Å². The molecule has 2 atom stereocenters. The van der Waals surface area contributed by atoms with Gasteiger partial charge in [0.25, 0.3) is 0 Å². The van der Waals surface area contributed by atoms with Gasteiger partial charge in [0.05, 0.1) is 6.54 Å². The molecule has 0 saturated carbocycles. The minimum absolute atomic E-state index is 0. The molecule has 0 radical (unpaired) electrons. The van der Waals surface area contributed by atoms with Crippen LogP contribution in [0.5, 0.6) is 0 Å². The van der Waals surface area contributed by atoms with Crippen molar-refractivity contribution in [3.05, 3.63) is 40.3 Å². The fourth-order valence-electron chi connectivity index (χ4n) is 2.72. The largest absolute Gasteiger partial charge is 1.00 e. The number of nitrogens with one attached hydrogen (secondary N) is 1. The van der Waals surface area contributed by atoms with Crippen molar-refractivity contribution in [1.82, 2.24) is 0 Å². The van der Waals surface area contributed by atoms with Crippen molar-refractivity contribution in [3.8, 4) is 0 Å². The van der Waals surface area contributed by atoms with Gasteiger partial charge in [0.2, 0.25) is 0 Å². The van der Waals surface area contributed by atoms with Gasteiger partial charge in [-0.15, -0.1) is 0 Å². The molecule has 1 aromatic carbocycles. The molecule has 1 fully saturated rings. The Kier molecular flexibility index (Phi) is 5.19. The SMILES string of the molecule is Clc1ccc(C2=CSC3CCCCC[NH+]23)cc1.[Br-]. The van der Waals surface area contributed by atoms with Gasteiger partial charge in [-0.3, -0.25) is 4.90 Å². The lowest BCUT2D eigenvalue weighted by Crippen LogP contribution is -3.11. The number of hydrogen-bond acceptors (Lipinski definition) is 1. The molecule has 1 nitrogen and oxygen atoms in total. The summed E-state index contributed by atoms with van der Waals surface area (Å²) < 4.78 is 0. The number of benzene rings is 1. The van der Waals surface area contributed by atoms with Crippen LogP contribution < -0.4 is 21.9 Å². The zero-order valence-electron chi connectivity index (χ0n) is 10.2. The van der Waals surface area contributed by atoms with Crippen molar-refractivity contribution in [3.63, 3.8) is 0 Å². The van der Waals surface area contributed by atoms with Gasteiger partial charge < -0.3 is 17.0 Å². The monoisotopic (exact) mass is 345 g/mol. The molecule has 0 aromatic heterocycles. The highest BCUT2D eigenvalue weighted by molar-refractivity contribution is 8.02. The van der Waals surface area contributed by atoms with E-state index >= 15 is 0 Å². The van der Waals surface area contributed by atoms with E-state index in [0.717, 1.165) is 10.4 Å².